The molecule has 1 heteroatoms. The Morgan fingerprint density at radius 3 is 3.20 bits per heavy atom. The number of likely N-dealkylation sites (tertiary alicyclic amines) is 1. The van der Waals surface area contributed by atoms with E-state index in [1.807, 2.05) is 6.08 Å². The molecule has 0 aromatic heterocycles. The number of terminal acetylenes is 1. The molecule has 54 valence electrons. The molecular formula is C9H13N. The maximum atomic E-state index is 5.20. The molecule has 0 bridgehead atoms. The summed E-state index contributed by atoms with van der Waals surface area (Å²) < 4.78 is 0. The van der Waals surface area contributed by atoms with Crippen LogP contribution in [0.15, 0.2) is 12.7 Å². The van der Waals surface area contributed by atoms with E-state index in [-0.39, 0.29) is 0 Å². The molecule has 0 N–H and O–H groups in total. The summed E-state index contributed by atoms with van der Waals surface area (Å²) in [5.74, 6) is 2.65. The molecule has 0 aliphatic carbocycles. The van der Waals surface area contributed by atoms with E-state index < -0.39 is 0 Å². The second-order valence-corrected chi connectivity index (χ2v) is 2.62. The molecule has 0 aromatic rings. The number of hydrogen-bond donors (Lipinski definition) is 0. The van der Waals surface area contributed by atoms with Crippen LogP contribution in [0.1, 0.15) is 12.8 Å². The zero-order valence-electron chi connectivity index (χ0n) is 6.21. The largest absolute Gasteiger partial charge is 0.286 e. The van der Waals surface area contributed by atoms with Crippen molar-refractivity contribution in [3.8, 4) is 12.3 Å². The number of nitrogens with zero attached hydrogens (tertiary/aromatic N) is 1. The molecule has 1 atom stereocenters. The molecule has 1 fully saturated rings. The van der Waals surface area contributed by atoms with Gasteiger partial charge in [0.25, 0.3) is 0 Å². The minimum atomic E-state index is 0.538. The summed E-state index contributed by atoms with van der Waals surface area (Å²) in [5, 5.41) is 0. The van der Waals surface area contributed by atoms with Gasteiger partial charge in [-0.15, -0.1) is 13.0 Å². The molecule has 1 heterocycles. The van der Waals surface area contributed by atoms with Crippen LogP contribution in [0.2, 0.25) is 0 Å². The minimum Gasteiger partial charge on any atom is -0.286 e. The molecule has 1 nitrogen and oxygen atoms in total. The lowest BCUT2D eigenvalue weighted by Gasteiger charge is -2.17. The molecule has 0 saturated carbocycles. The maximum Gasteiger partial charge on any atom is 0.0603 e. The first kappa shape index (κ1) is 7.37. The maximum absolute atomic E-state index is 5.20. The Kier molecular flexibility index (Phi) is 2.53. The van der Waals surface area contributed by atoms with Gasteiger partial charge in [-0.3, -0.25) is 4.90 Å². The van der Waals surface area contributed by atoms with Gasteiger partial charge in [-0.1, -0.05) is 12.0 Å². The molecule has 1 aliphatic rings. The fourth-order valence-corrected chi connectivity index (χ4v) is 1.43. The third kappa shape index (κ3) is 1.40. The fourth-order valence-electron chi connectivity index (χ4n) is 1.43. The van der Waals surface area contributed by atoms with Gasteiger partial charge >= 0.3 is 0 Å². The van der Waals surface area contributed by atoms with Crippen molar-refractivity contribution in [1.82, 2.24) is 4.90 Å². The molecule has 1 aliphatic heterocycles. The quantitative estimate of drug-likeness (QED) is 0.407. The topological polar surface area (TPSA) is 3.24 Å². The van der Waals surface area contributed by atoms with Gasteiger partial charge < -0.3 is 0 Å². The summed E-state index contributed by atoms with van der Waals surface area (Å²) in [6.45, 7) is 5.68. The van der Waals surface area contributed by atoms with Crippen molar-refractivity contribution in [3.05, 3.63) is 12.7 Å². The zero-order valence-corrected chi connectivity index (χ0v) is 6.21. The van der Waals surface area contributed by atoms with Gasteiger partial charge in [0.15, 0.2) is 0 Å². The molecule has 1 rings (SSSR count). The molecular weight excluding hydrogens is 122 g/mol. The fraction of sp³-hybridized carbons (Fsp3) is 0.556. The average Bonchev–Trinajstić information content (AvgIpc) is 2.36. The second kappa shape index (κ2) is 3.43. The number of rotatable bonds is 2. The summed E-state index contributed by atoms with van der Waals surface area (Å²) in [5.41, 5.74) is 0. The van der Waals surface area contributed by atoms with Crippen LogP contribution in [0, 0.1) is 12.3 Å². The van der Waals surface area contributed by atoms with Crippen LogP contribution >= 0.6 is 0 Å². The van der Waals surface area contributed by atoms with Gasteiger partial charge in [0.05, 0.1) is 6.54 Å². The first-order valence-corrected chi connectivity index (χ1v) is 3.68. The van der Waals surface area contributed by atoms with Crippen molar-refractivity contribution in [2.24, 2.45) is 0 Å². The van der Waals surface area contributed by atoms with Crippen LogP contribution in [0.3, 0.4) is 0 Å². The smallest absolute Gasteiger partial charge is 0.0603 e. The van der Waals surface area contributed by atoms with Crippen LogP contribution in [-0.2, 0) is 0 Å². The first-order chi connectivity index (χ1) is 4.88. The highest BCUT2D eigenvalue weighted by atomic mass is 15.2. The van der Waals surface area contributed by atoms with E-state index in [0.29, 0.717) is 6.04 Å². The second-order valence-electron chi connectivity index (χ2n) is 2.62. The lowest BCUT2D eigenvalue weighted by atomic mass is 10.2. The Balaban J connectivity index is 2.43. The highest BCUT2D eigenvalue weighted by Gasteiger charge is 2.19. The van der Waals surface area contributed by atoms with E-state index in [9.17, 15) is 0 Å². The van der Waals surface area contributed by atoms with Crippen molar-refractivity contribution < 1.29 is 0 Å². The van der Waals surface area contributed by atoms with Crippen molar-refractivity contribution in [2.75, 3.05) is 13.1 Å². The van der Waals surface area contributed by atoms with Gasteiger partial charge in [0, 0.05) is 6.04 Å². The average molecular weight is 135 g/mol. The Morgan fingerprint density at radius 1 is 1.80 bits per heavy atom. The van der Waals surface area contributed by atoms with Crippen LogP contribution in [0.5, 0.6) is 0 Å². The van der Waals surface area contributed by atoms with Gasteiger partial charge in [-0.25, -0.2) is 0 Å². The lowest BCUT2D eigenvalue weighted by Crippen LogP contribution is -2.27. The highest BCUT2D eigenvalue weighted by molar-refractivity contribution is 4.98. The van der Waals surface area contributed by atoms with Crippen molar-refractivity contribution in [1.29, 1.82) is 0 Å². The molecule has 0 spiro atoms. The summed E-state index contributed by atoms with van der Waals surface area (Å²) in [6.07, 6.45) is 9.68. The van der Waals surface area contributed by atoms with E-state index in [4.69, 9.17) is 6.42 Å². The Labute approximate surface area is 62.7 Å². The van der Waals surface area contributed by atoms with Crippen LogP contribution in [0.25, 0.3) is 0 Å². The van der Waals surface area contributed by atoms with Gasteiger partial charge in [-0.2, -0.15) is 0 Å². The predicted octanol–water partition coefficient (Wildman–Crippen LogP) is 1.27. The zero-order chi connectivity index (χ0) is 7.40. The Bertz CT molecular complexity index is 155. The molecule has 1 saturated heterocycles. The molecule has 0 unspecified atom stereocenters. The Hall–Kier alpha value is -0.740. The Morgan fingerprint density at radius 2 is 2.60 bits per heavy atom. The standard InChI is InChI=1S/C9H13N/c1-3-7-10-8-5-6-9(10)4-2/h1,4,9H,2,5-8H2/t9-/m1/s1. The third-order valence-electron chi connectivity index (χ3n) is 1.98. The summed E-state index contributed by atoms with van der Waals surface area (Å²) in [4.78, 5) is 2.28. The summed E-state index contributed by atoms with van der Waals surface area (Å²) in [7, 11) is 0. The normalized spacial score (nSPS) is 26.1. The monoisotopic (exact) mass is 135 g/mol. The molecule has 10 heavy (non-hydrogen) atoms. The summed E-state index contributed by atoms with van der Waals surface area (Å²) >= 11 is 0. The van der Waals surface area contributed by atoms with Crippen molar-refractivity contribution >= 4 is 0 Å². The van der Waals surface area contributed by atoms with Crippen LogP contribution < -0.4 is 0 Å². The number of hydrogen-bond acceptors (Lipinski definition) is 1. The van der Waals surface area contributed by atoms with E-state index in [1.165, 1.54) is 12.8 Å². The third-order valence-corrected chi connectivity index (χ3v) is 1.98. The first-order valence-electron chi connectivity index (χ1n) is 3.68. The SMILES string of the molecule is C#CCN1CCC[C@H]1C=C. The van der Waals surface area contributed by atoms with E-state index >= 15 is 0 Å². The van der Waals surface area contributed by atoms with E-state index in [2.05, 4.69) is 17.4 Å². The van der Waals surface area contributed by atoms with Gasteiger partial charge in [-0.05, 0) is 19.4 Å². The molecule has 0 radical (unpaired) electrons. The lowest BCUT2D eigenvalue weighted by molar-refractivity contribution is 0.327. The summed E-state index contributed by atoms with van der Waals surface area (Å²) in [6, 6.07) is 0.538. The van der Waals surface area contributed by atoms with Crippen LogP contribution in [-0.4, -0.2) is 24.0 Å². The van der Waals surface area contributed by atoms with Crippen molar-refractivity contribution in [2.45, 2.75) is 18.9 Å². The molecule has 0 amide bonds. The van der Waals surface area contributed by atoms with E-state index in [1.54, 1.807) is 0 Å². The van der Waals surface area contributed by atoms with Crippen LogP contribution in [0.4, 0.5) is 0 Å². The van der Waals surface area contributed by atoms with Gasteiger partial charge in [0.2, 0.25) is 0 Å². The van der Waals surface area contributed by atoms with Crippen molar-refractivity contribution in [3.63, 3.8) is 0 Å². The minimum absolute atomic E-state index is 0.538. The van der Waals surface area contributed by atoms with E-state index in [0.717, 1.165) is 13.1 Å². The predicted molar refractivity (Wildman–Crippen MR) is 43.6 cm³/mol. The highest BCUT2D eigenvalue weighted by Crippen LogP contribution is 2.16. The molecule has 0 aromatic carbocycles. The van der Waals surface area contributed by atoms with Gasteiger partial charge in [0.1, 0.15) is 0 Å².